The zero-order valence-electron chi connectivity index (χ0n) is 11.0. The number of benzene rings is 1. The Morgan fingerprint density at radius 2 is 2.00 bits per heavy atom. The molecule has 18 heavy (non-hydrogen) atoms. The number of nitrogens with two attached hydrogens (primary N) is 2. The molecule has 4 heteroatoms. The number of rotatable bonds is 8. The molecule has 0 fully saturated rings. The van der Waals surface area contributed by atoms with Crippen molar-refractivity contribution in [1.82, 2.24) is 4.90 Å². The normalized spacial score (nSPS) is 12.6. The summed E-state index contributed by atoms with van der Waals surface area (Å²) in [5.41, 5.74) is 12.5. The molecule has 0 aliphatic heterocycles. The molecule has 4 N–H and O–H groups in total. The maximum absolute atomic E-state index is 11.0. The van der Waals surface area contributed by atoms with E-state index in [2.05, 4.69) is 6.92 Å². The summed E-state index contributed by atoms with van der Waals surface area (Å²) >= 11 is 0. The van der Waals surface area contributed by atoms with Crippen molar-refractivity contribution in [3.8, 4) is 0 Å². The summed E-state index contributed by atoms with van der Waals surface area (Å²) in [5.74, 6) is -0.300. The summed E-state index contributed by atoms with van der Waals surface area (Å²) in [4.78, 5) is 13.1. The maximum atomic E-state index is 11.0. The second-order valence-electron chi connectivity index (χ2n) is 4.57. The molecule has 0 aliphatic carbocycles. The minimum absolute atomic E-state index is 0.0811. The highest BCUT2D eigenvalue weighted by Crippen LogP contribution is 2.11. The van der Waals surface area contributed by atoms with E-state index in [-0.39, 0.29) is 18.5 Å². The standard InChI is InChI=1S/C14H23N3O/c1-2-3-9-17(11-14(16)18)10-13(15)12-7-5-4-6-8-12/h4-8,13H,2-3,9-11,15H2,1H3,(H2,16,18). The lowest BCUT2D eigenvalue weighted by Gasteiger charge is -2.24. The molecule has 4 nitrogen and oxygen atoms in total. The summed E-state index contributed by atoms with van der Waals surface area (Å²) in [7, 11) is 0. The molecular weight excluding hydrogens is 226 g/mol. The molecule has 0 aromatic heterocycles. The summed E-state index contributed by atoms with van der Waals surface area (Å²) in [5, 5.41) is 0. The van der Waals surface area contributed by atoms with Crippen LogP contribution < -0.4 is 11.5 Å². The van der Waals surface area contributed by atoms with E-state index < -0.39 is 0 Å². The van der Waals surface area contributed by atoms with Gasteiger partial charge in [0.25, 0.3) is 0 Å². The van der Waals surface area contributed by atoms with Gasteiger partial charge in [-0.25, -0.2) is 0 Å². The number of primary amides is 1. The summed E-state index contributed by atoms with van der Waals surface area (Å²) < 4.78 is 0. The SMILES string of the molecule is CCCCN(CC(N)=O)CC(N)c1ccccc1. The van der Waals surface area contributed by atoms with Crippen LogP contribution >= 0.6 is 0 Å². The molecule has 0 radical (unpaired) electrons. The number of unbranched alkanes of at least 4 members (excludes halogenated alkanes) is 1. The maximum Gasteiger partial charge on any atom is 0.231 e. The summed E-state index contributed by atoms with van der Waals surface area (Å²) in [6.07, 6.45) is 2.14. The van der Waals surface area contributed by atoms with Crippen LogP contribution in [0.3, 0.4) is 0 Å². The number of carbonyl (C=O) groups excluding carboxylic acids is 1. The van der Waals surface area contributed by atoms with Crippen LogP contribution in [0.1, 0.15) is 31.4 Å². The average molecular weight is 249 g/mol. The lowest BCUT2D eigenvalue weighted by molar-refractivity contribution is -0.119. The third-order valence-electron chi connectivity index (χ3n) is 2.89. The largest absolute Gasteiger partial charge is 0.369 e. The van der Waals surface area contributed by atoms with E-state index in [9.17, 15) is 4.79 Å². The Morgan fingerprint density at radius 3 is 2.56 bits per heavy atom. The van der Waals surface area contributed by atoms with Gasteiger partial charge in [-0.15, -0.1) is 0 Å². The first-order valence-electron chi connectivity index (χ1n) is 6.44. The first kappa shape index (κ1) is 14.7. The van der Waals surface area contributed by atoms with Gasteiger partial charge in [-0.05, 0) is 18.5 Å². The van der Waals surface area contributed by atoms with Gasteiger partial charge in [0.2, 0.25) is 5.91 Å². The quantitative estimate of drug-likeness (QED) is 0.729. The second kappa shape index (κ2) is 7.84. The molecule has 1 aromatic carbocycles. The van der Waals surface area contributed by atoms with Gasteiger partial charge >= 0.3 is 0 Å². The van der Waals surface area contributed by atoms with Gasteiger partial charge in [-0.1, -0.05) is 43.7 Å². The van der Waals surface area contributed by atoms with Gasteiger partial charge in [-0.2, -0.15) is 0 Å². The fourth-order valence-corrected chi connectivity index (χ4v) is 1.92. The van der Waals surface area contributed by atoms with Gasteiger partial charge in [0.1, 0.15) is 0 Å². The van der Waals surface area contributed by atoms with Crippen LogP contribution in [-0.4, -0.2) is 30.4 Å². The molecule has 0 saturated carbocycles. The van der Waals surface area contributed by atoms with E-state index in [4.69, 9.17) is 11.5 Å². The van der Waals surface area contributed by atoms with Crippen molar-refractivity contribution < 1.29 is 4.79 Å². The van der Waals surface area contributed by atoms with Crippen molar-refractivity contribution in [1.29, 1.82) is 0 Å². The van der Waals surface area contributed by atoms with E-state index in [1.807, 2.05) is 35.2 Å². The average Bonchev–Trinajstić information content (AvgIpc) is 2.36. The van der Waals surface area contributed by atoms with Gasteiger partial charge < -0.3 is 11.5 Å². The number of hydrogen-bond donors (Lipinski definition) is 2. The van der Waals surface area contributed by atoms with E-state index >= 15 is 0 Å². The third-order valence-corrected chi connectivity index (χ3v) is 2.89. The number of amides is 1. The fourth-order valence-electron chi connectivity index (χ4n) is 1.92. The first-order valence-corrected chi connectivity index (χ1v) is 6.44. The molecule has 0 aliphatic rings. The van der Waals surface area contributed by atoms with Gasteiger partial charge in [-0.3, -0.25) is 9.69 Å². The molecule has 1 unspecified atom stereocenters. The van der Waals surface area contributed by atoms with E-state index in [1.165, 1.54) is 0 Å². The lowest BCUT2D eigenvalue weighted by Crippen LogP contribution is -2.39. The van der Waals surface area contributed by atoms with Gasteiger partial charge in [0.05, 0.1) is 6.54 Å². The highest BCUT2D eigenvalue weighted by Gasteiger charge is 2.13. The predicted octanol–water partition coefficient (Wildman–Crippen LogP) is 1.27. The van der Waals surface area contributed by atoms with E-state index in [0.717, 1.165) is 24.9 Å². The minimum Gasteiger partial charge on any atom is -0.369 e. The zero-order chi connectivity index (χ0) is 13.4. The number of carbonyl (C=O) groups is 1. The van der Waals surface area contributed by atoms with E-state index in [1.54, 1.807) is 0 Å². The number of nitrogens with zero attached hydrogens (tertiary/aromatic N) is 1. The number of hydrogen-bond acceptors (Lipinski definition) is 3. The smallest absolute Gasteiger partial charge is 0.231 e. The van der Waals surface area contributed by atoms with Crippen LogP contribution in [-0.2, 0) is 4.79 Å². The molecule has 1 amide bonds. The molecule has 1 rings (SSSR count). The lowest BCUT2D eigenvalue weighted by atomic mass is 10.1. The van der Waals surface area contributed by atoms with Crippen LogP contribution in [0.25, 0.3) is 0 Å². The van der Waals surface area contributed by atoms with Gasteiger partial charge in [0.15, 0.2) is 0 Å². The molecule has 0 spiro atoms. The predicted molar refractivity (Wildman–Crippen MR) is 73.9 cm³/mol. The Hall–Kier alpha value is -1.39. The highest BCUT2D eigenvalue weighted by molar-refractivity contribution is 5.75. The molecule has 1 atom stereocenters. The molecule has 1 aromatic rings. The monoisotopic (exact) mass is 249 g/mol. The van der Waals surface area contributed by atoms with Crippen LogP contribution in [0.4, 0.5) is 0 Å². The van der Waals surface area contributed by atoms with Crippen molar-refractivity contribution in [3.63, 3.8) is 0 Å². The van der Waals surface area contributed by atoms with Crippen LogP contribution in [0.15, 0.2) is 30.3 Å². The minimum atomic E-state index is -0.300. The summed E-state index contributed by atoms with van der Waals surface area (Å²) in [6.45, 7) is 3.92. The third kappa shape index (κ3) is 5.29. The zero-order valence-corrected chi connectivity index (χ0v) is 11.0. The highest BCUT2D eigenvalue weighted by atomic mass is 16.1. The second-order valence-corrected chi connectivity index (χ2v) is 4.57. The van der Waals surface area contributed by atoms with E-state index in [0.29, 0.717) is 6.54 Å². The van der Waals surface area contributed by atoms with Crippen molar-refractivity contribution in [2.24, 2.45) is 11.5 Å². The molecule has 100 valence electrons. The molecule has 0 heterocycles. The summed E-state index contributed by atoms with van der Waals surface area (Å²) in [6, 6.07) is 9.84. The fraction of sp³-hybridized carbons (Fsp3) is 0.500. The Kier molecular flexibility index (Phi) is 6.39. The van der Waals surface area contributed by atoms with Crippen molar-refractivity contribution in [2.45, 2.75) is 25.8 Å². The molecule has 0 bridgehead atoms. The van der Waals surface area contributed by atoms with Crippen LogP contribution in [0.5, 0.6) is 0 Å². The Labute approximate surface area is 109 Å². The van der Waals surface area contributed by atoms with Crippen molar-refractivity contribution in [2.75, 3.05) is 19.6 Å². The Bertz CT molecular complexity index is 353. The van der Waals surface area contributed by atoms with Crippen LogP contribution in [0.2, 0.25) is 0 Å². The van der Waals surface area contributed by atoms with Gasteiger partial charge in [0, 0.05) is 12.6 Å². The molecule has 0 saturated heterocycles. The topological polar surface area (TPSA) is 72.3 Å². The van der Waals surface area contributed by atoms with Crippen molar-refractivity contribution >= 4 is 5.91 Å². The van der Waals surface area contributed by atoms with Crippen molar-refractivity contribution in [3.05, 3.63) is 35.9 Å². The molecular formula is C14H23N3O. The Morgan fingerprint density at radius 1 is 1.33 bits per heavy atom. The van der Waals surface area contributed by atoms with Crippen LogP contribution in [0, 0.1) is 0 Å². The Balaban J connectivity index is 2.56. The first-order chi connectivity index (χ1) is 8.63.